The highest BCUT2D eigenvalue weighted by atomic mass is 16.5. The molecule has 70 valence electrons. The van der Waals surface area contributed by atoms with Crippen LogP contribution in [-0.2, 0) is 9.53 Å². The summed E-state index contributed by atoms with van der Waals surface area (Å²) in [7, 11) is 0. The van der Waals surface area contributed by atoms with Crippen LogP contribution < -0.4 is 5.32 Å². The molecule has 0 radical (unpaired) electrons. The van der Waals surface area contributed by atoms with Crippen molar-refractivity contribution in [3.8, 4) is 0 Å². The Morgan fingerprint density at radius 2 is 2.08 bits per heavy atom. The van der Waals surface area contributed by atoms with E-state index in [0.29, 0.717) is 6.61 Å². The van der Waals surface area contributed by atoms with Gasteiger partial charge in [0.25, 0.3) is 0 Å². The topological polar surface area (TPSA) is 38.3 Å². The second-order valence-corrected chi connectivity index (χ2v) is 4.27. The summed E-state index contributed by atoms with van der Waals surface area (Å²) < 4.78 is 5.10. The minimum atomic E-state index is -0.498. The Labute approximate surface area is 73.5 Å². The summed E-state index contributed by atoms with van der Waals surface area (Å²) in [5, 5.41) is 3.29. The van der Waals surface area contributed by atoms with Crippen molar-refractivity contribution in [2.45, 2.75) is 45.2 Å². The first-order valence-corrected chi connectivity index (χ1v) is 4.36. The molecule has 0 aromatic heterocycles. The molecule has 1 aliphatic heterocycles. The molecule has 1 fully saturated rings. The number of carbonyl (C=O) groups is 1. The molecule has 1 aliphatic rings. The van der Waals surface area contributed by atoms with Gasteiger partial charge in [0.15, 0.2) is 0 Å². The van der Waals surface area contributed by atoms with Gasteiger partial charge in [-0.3, -0.25) is 10.1 Å². The molecular formula is C9H17NO2. The molecule has 3 nitrogen and oxygen atoms in total. The summed E-state index contributed by atoms with van der Waals surface area (Å²) >= 11 is 0. The Kier molecular flexibility index (Phi) is 2.17. The maximum atomic E-state index is 11.4. The molecular weight excluding hydrogens is 154 g/mol. The highest BCUT2D eigenvalue weighted by molar-refractivity contribution is 5.81. The van der Waals surface area contributed by atoms with Crippen LogP contribution in [0.3, 0.4) is 0 Å². The van der Waals surface area contributed by atoms with Crippen LogP contribution in [0, 0.1) is 0 Å². The number of nitrogens with one attached hydrogen (secondary N) is 1. The Morgan fingerprint density at radius 1 is 1.50 bits per heavy atom. The van der Waals surface area contributed by atoms with E-state index in [1.165, 1.54) is 0 Å². The summed E-state index contributed by atoms with van der Waals surface area (Å²) in [6.45, 7) is 8.40. The molecule has 1 N–H and O–H groups in total. The molecule has 0 aromatic carbocycles. The van der Waals surface area contributed by atoms with E-state index in [1.54, 1.807) is 0 Å². The standard InChI is InChI=1S/C9H17NO2/c1-5-9(4)7(11)12-6-8(2,3)10-9/h10H,5-6H2,1-4H3. The maximum absolute atomic E-state index is 11.4. The van der Waals surface area contributed by atoms with Gasteiger partial charge >= 0.3 is 5.97 Å². The molecule has 0 spiro atoms. The average molecular weight is 171 g/mol. The van der Waals surface area contributed by atoms with E-state index in [2.05, 4.69) is 5.32 Å². The third kappa shape index (κ3) is 1.61. The van der Waals surface area contributed by atoms with Crippen molar-refractivity contribution >= 4 is 5.97 Å². The Morgan fingerprint density at radius 3 is 2.50 bits per heavy atom. The molecule has 1 atom stereocenters. The average Bonchev–Trinajstić information content (AvgIpc) is 1.97. The van der Waals surface area contributed by atoms with Gasteiger partial charge < -0.3 is 4.74 Å². The number of cyclic esters (lactones) is 1. The molecule has 1 rings (SSSR count). The summed E-state index contributed by atoms with van der Waals surface area (Å²) in [6.07, 6.45) is 0.759. The molecule has 1 unspecified atom stereocenters. The van der Waals surface area contributed by atoms with Crippen molar-refractivity contribution in [3.63, 3.8) is 0 Å². The third-order valence-electron chi connectivity index (χ3n) is 2.34. The van der Waals surface area contributed by atoms with Gasteiger partial charge in [-0.05, 0) is 27.2 Å². The van der Waals surface area contributed by atoms with Crippen molar-refractivity contribution in [1.29, 1.82) is 0 Å². The first-order valence-electron chi connectivity index (χ1n) is 4.36. The highest BCUT2D eigenvalue weighted by Gasteiger charge is 2.42. The molecule has 1 saturated heterocycles. The van der Waals surface area contributed by atoms with Gasteiger partial charge in [-0.2, -0.15) is 0 Å². The molecule has 0 amide bonds. The number of morpholine rings is 1. The zero-order valence-corrected chi connectivity index (χ0v) is 8.23. The van der Waals surface area contributed by atoms with Crippen LogP contribution >= 0.6 is 0 Å². The fourth-order valence-electron chi connectivity index (χ4n) is 1.47. The Balaban J connectivity index is 2.79. The van der Waals surface area contributed by atoms with Crippen LogP contribution in [0.15, 0.2) is 0 Å². The first kappa shape index (κ1) is 9.52. The van der Waals surface area contributed by atoms with Crippen molar-refractivity contribution in [2.24, 2.45) is 0 Å². The van der Waals surface area contributed by atoms with E-state index in [1.807, 2.05) is 27.7 Å². The van der Waals surface area contributed by atoms with Crippen molar-refractivity contribution in [2.75, 3.05) is 6.61 Å². The van der Waals surface area contributed by atoms with Crippen LogP contribution in [0.4, 0.5) is 0 Å². The van der Waals surface area contributed by atoms with Crippen molar-refractivity contribution < 1.29 is 9.53 Å². The molecule has 1 heterocycles. The predicted molar refractivity (Wildman–Crippen MR) is 46.9 cm³/mol. The zero-order valence-electron chi connectivity index (χ0n) is 8.23. The van der Waals surface area contributed by atoms with Crippen LogP contribution in [-0.4, -0.2) is 23.7 Å². The van der Waals surface area contributed by atoms with Gasteiger partial charge in [0.2, 0.25) is 0 Å². The predicted octanol–water partition coefficient (Wildman–Crippen LogP) is 1.08. The van der Waals surface area contributed by atoms with Gasteiger partial charge in [0, 0.05) is 5.54 Å². The molecule has 0 saturated carbocycles. The fraction of sp³-hybridized carbons (Fsp3) is 0.889. The van der Waals surface area contributed by atoms with E-state index in [0.717, 1.165) is 6.42 Å². The fourth-order valence-corrected chi connectivity index (χ4v) is 1.47. The van der Waals surface area contributed by atoms with E-state index >= 15 is 0 Å². The van der Waals surface area contributed by atoms with Gasteiger partial charge in [0.05, 0.1) is 0 Å². The van der Waals surface area contributed by atoms with E-state index in [9.17, 15) is 4.79 Å². The van der Waals surface area contributed by atoms with Crippen LogP contribution in [0.25, 0.3) is 0 Å². The van der Waals surface area contributed by atoms with E-state index in [4.69, 9.17) is 4.74 Å². The smallest absolute Gasteiger partial charge is 0.326 e. The summed E-state index contributed by atoms with van der Waals surface area (Å²) in [5.41, 5.74) is -0.597. The van der Waals surface area contributed by atoms with Gasteiger partial charge in [-0.15, -0.1) is 0 Å². The number of hydrogen-bond donors (Lipinski definition) is 1. The molecule has 0 aromatic rings. The Bertz CT molecular complexity index is 201. The molecule has 0 bridgehead atoms. The third-order valence-corrected chi connectivity index (χ3v) is 2.34. The number of rotatable bonds is 1. The monoisotopic (exact) mass is 171 g/mol. The van der Waals surface area contributed by atoms with Gasteiger partial charge in [-0.1, -0.05) is 6.92 Å². The number of ether oxygens (including phenoxy) is 1. The minimum absolute atomic E-state index is 0.0985. The number of esters is 1. The molecule has 12 heavy (non-hydrogen) atoms. The van der Waals surface area contributed by atoms with Crippen LogP contribution in [0.1, 0.15) is 34.1 Å². The summed E-state index contributed by atoms with van der Waals surface area (Å²) in [6, 6.07) is 0. The largest absolute Gasteiger partial charge is 0.462 e. The molecule has 3 heteroatoms. The maximum Gasteiger partial charge on any atom is 0.326 e. The lowest BCUT2D eigenvalue weighted by atomic mass is 9.91. The van der Waals surface area contributed by atoms with Gasteiger partial charge in [0.1, 0.15) is 12.1 Å². The van der Waals surface area contributed by atoms with Crippen LogP contribution in [0.5, 0.6) is 0 Å². The zero-order chi connectivity index (χ0) is 9.41. The lowest BCUT2D eigenvalue weighted by Crippen LogP contribution is -2.64. The summed E-state index contributed by atoms with van der Waals surface area (Å²) in [4.78, 5) is 11.4. The minimum Gasteiger partial charge on any atom is -0.462 e. The van der Waals surface area contributed by atoms with Gasteiger partial charge in [-0.25, -0.2) is 0 Å². The van der Waals surface area contributed by atoms with Crippen LogP contribution in [0.2, 0.25) is 0 Å². The second-order valence-electron chi connectivity index (χ2n) is 4.27. The van der Waals surface area contributed by atoms with E-state index < -0.39 is 5.54 Å². The molecule has 0 aliphatic carbocycles. The number of carbonyl (C=O) groups excluding carboxylic acids is 1. The lowest BCUT2D eigenvalue weighted by Gasteiger charge is -2.41. The SMILES string of the molecule is CCC1(C)NC(C)(C)COC1=O. The van der Waals surface area contributed by atoms with Crippen molar-refractivity contribution in [3.05, 3.63) is 0 Å². The van der Waals surface area contributed by atoms with E-state index in [-0.39, 0.29) is 11.5 Å². The second kappa shape index (κ2) is 2.73. The highest BCUT2D eigenvalue weighted by Crippen LogP contribution is 2.22. The quantitative estimate of drug-likeness (QED) is 0.600. The lowest BCUT2D eigenvalue weighted by molar-refractivity contribution is -0.161. The van der Waals surface area contributed by atoms with Crippen molar-refractivity contribution in [1.82, 2.24) is 5.32 Å². The Hall–Kier alpha value is -0.570. The first-order chi connectivity index (χ1) is 5.40. The number of hydrogen-bond acceptors (Lipinski definition) is 3. The summed E-state index contributed by atoms with van der Waals surface area (Å²) in [5.74, 6) is -0.135. The normalized spacial score (nSPS) is 34.5.